The number of halogens is 3. The molecule has 4 heteroatoms. The summed E-state index contributed by atoms with van der Waals surface area (Å²) in [5.74, 6) is 0.0701. The largest absolute Gasteiger partial charge is 0.319 e. The number of nitrogens with one attached hydrogen (secondary N) is 1. The van der Waals surface area contributed by atoms with Crippen LogP contribution in [0.1, 0.15) is 17.0 Å². The Morgan fingerprint density at radius 2 is 1.90 bits per heavy atom. The maximum Gasteiger partial charge on any atom is 0.126 e. The zero-order chi connectivity index (χ0) is 14.5. The van der Waals surface area contributed by atoms with E-state index in [0.717, 1.165) is 21.1 Å². The molecule has 0 radical (unpaired) electrons. The van der Waals surface area contributed by atoms with E-state index >= 15 is 0 Å². The molecule has 0 saturated heterocycles. The first-order valence-corrected chi connectivity index (χ1v) is 8.03. The lowest BCUT2D eigenvalue weighted by molar-refractivity contribution is 0.573. The van der Waals surface area contributed by atoms with Gasteiger partial charge in [0.1, 0.15) is 5.82 Å². The Bertz CT molecular complexity index is 586. The van der Waals surface area contributed by atoms with Gasteiger partial charge in [0.2, 0.25) is 0 Å². The topological polar surface area (TPSA) is 12.0 Å². The van der Waals surface area contributed by atoms with E-state index in [1.807, 2.05) is 31.3 Å². The molecule has 2 aromatic rings. The number of hydrogen-bond donors (Lipinski definition) is 1. The van der Waals surface area contributed by atoms with E-state index < -0.39 is 0 Å². The van der Waals surface area contributed by atoms with Gasteiger partial charge in [-0.05, 0) is 48.9 Å². The summed E-state index contributed by atoms with van der Waals surface area (Å²) >= 11 is 6.99. The zero-order valence-corrected chi connectivity index (χ0v) is 14.3. The summed E-state index contributed by atoms with van der Waals surface area (Å²) in [6.45, 7) is 0.800. The van der Waals surface area contributed by atoms with Crippen molar-refractivity contribution in [2.75, 3.05) is 13.6 Å². The Kier molecular flexibility index (Phi) is 5.75. The highest BCUT2D eigenvalue weighted by Crippen LogP contribution is 2.29. The highest BCUT2D eigenvalue weighted by molar-refractivity contribution is 9.10. The molecule has 0 amide bonds. The highest BCUT2D eigenvalue weighted by Gasteiger charge is 2.16. The van der Waals surface area contributed by atoms with Crippen LogP contribution in [0.3, 0.4) is 0 Å². The van der Waals surface area contributed by atoms with Crippen molar-refractivity contribution in [3.8, 4) is 0 Å². The molecule has 1 N–H and O–H groups in total. The molecule has 0 fully saturated rings. The van der Waals surface area contributed by atoms with E-state index in [1.54, 1.807) is 6.07 Å². The standard InChI is InChI=1S/C16H16Br2FN/c1-20-10-12(14-4-2-3-5-15(14)18)8-11-9-13(17)6-7-16(11)19/h2-7,9,12,20H,8,10H2,1H3. The summed E-state index contributed by atoms with van der Waals surface area (Å²) in [5.41, 5.74) is 1.93. The van der Waals surface area contributed by atoms with Gasteiger partial charge in [-0.15, -0.1) is 0 Å². The second-order valence-electron chi connectivity index (χ2n) is 4.72. The third-order valence-electron chi connectivity index (χ3n) is 3.27. The van der Waals surface area contributed by atoms with Crippen LogP contribution in [0.5, 0.6) is 0 Å². The first kappa shape index (κ1) is 15.7. The van der Waals surface area contributed by atoms with Crippen LogP contribution in [-0.4, -0.2) is 13.6 Å². The number of likely N-dealkylation sites (N-methyl/N-ethyl adjacent to an activating group) is 1. The Morgan fingerprint density at radius 1 is 1.15 bits per heavy atom. The van der Waals surface area contributed by atoms with Crippen molar-refractivity contribution in [1.82, 2.24) is 5.32 Å². The summed E-state index contributed by atoms with van der Waals surface area (Å²) in [6.07, 6.45) is 0.661. The number of hydrogen-bond acceptors (Lipinski definition) is 1. The molecule has 0 aliphatic rings. The van der Waals surface area contributed by atoms with Gasteiger partial charge in [0.25, 0.3) is 0 Å². The molecule has 2 rings (SSSR count). The summed E-state index contributed by atoms with van der Waals surface area (Å²) in [7, 11) is 1.92. The molecule has 0 heterocycles. The Balaban J connectivity index is 2.30. The lowest BCUT2D eigenvalue weighted by atomic mass is 9.91. The first-order valence-electron chi connectivity index (χ1n) is 6.44. The van der Waals surface area contributed by atoms with Crippen LogP contribution in [0.2, 0.25) is 0 Å². The third kappa shape index (κ3) is 3.90. The van der Waals surface area contributed by atoms with Crippen molar-refractivity contribution in [1.29, 1.82) is 0 Å². The maximum absolute atomic E-state index is 13.9. The van der Waals surface area contributed by atoms with Gasteiger partial charge in [-0.25, -0.2) is 4.39 Å². The predicted molar refractivity (Wildman–Crippen MR) is 88.6 cm³/mol. The molecule has 0 aromatic heterocycles. The van der Waals surface area contributed by atoms with E-state index in [-0.39, 0.29) is 11.7 Å². The molecule has 0 saturated carbocycles. The van der Waals surface area contributed by atoms with Crippen LogP contribution in [-0.2, 0) is 6.42 Å². The molecule has 0 spiro atoms. The molecular weight excluding hydrogens is 385 g/mol. The quantitative estimate of drug-likeness (QED) is 0.752. The molecule has 106 valence electrons. The SMILES string of the molecule is CNCC(Cc1cc(Br)ccc1F)c1ccccc1Br. The lowest BCUT2D eigenvalue weighted by Crippen LogP contribution is -2.20. The molecule has 1 atom stereocenters. The van der Waals surface area contributed by atoms with Gasteiger partial charge in [0.15, 0.2) is 0 Å². The molecule has 20 heavy (non-hydrogen) atoms. The molecule has 1 nitrogen and oxygen atoms in total. The van der Waals surface area contributed by atoms with Gasteiger partial charge < -0.3 is 5.32 Å². The van der Waals surface area contributed by atoms with Gasteiger partial charge in [-0.1, -0.05) is 50.1 Å². The van der Waals surface area contributed by atoms with Crippen molar-refractivity contribution in [2.24, 2.45) is 0 Å². The average Bonchev–Trinajstić information content (AvgIpc) is 2.43. The van der Waals surface area contributed by atoms with Gasteiger partial charge >= 0.3 is 0 Å². The zero-order valence-electron chi connectivity index (χ0n) is 11.2. The van der Waals surface area contributed by atoms with Gasteiger partial charge in [0.05, 0.1) is 0 Å². The molecule has 2 aromatic carbocycles. The van der Waals surface area contributed by atoms with E-state index in [4.69, 9.17) is 0 Å². The van der Waals surface area contributed by atoms with Gasteiger partial charge in [0, 0.05) is 21.4 Å². The van der Waals surface area contributed by atoms with Crippen molar-refractivity contribution < 1.29 is 4.39 Å². The van der Waals surface area contributed by atoms with Gasteiger partial charge in [-0.3, -0.25) is 0 Å². The fourth-order valence-corrected chi connectivity index (χ4v) is 3.33. The van der Waals surface area contributed by atoms with Crippen molar-refractivity contribution in [2.45, 2.75) is 12.3 Å². The van der Waals surface area contributed by atoms with Crippen molar-refractivity contribution >= 4 is 31.9 Å². The lowest BCUT2D eigenvalue weighted by Gasteiger charge is -2.19. The minimum absolute atomic E-state index is 0.152. The Labute approximate surface area is 135 Å². The fraction of sp³-hybridized carbons (Fsp3) is 0.250. The van der Waals surface area contributed by atoms with Crippen LogP contribution in [0, 0.1) is 5.82 Å². The third-order valence-corrected chi connectivity index (χ3v) is 4.49. The monoisotopic (exact) mass is 399 g/mol. The molecule has 0 aliphatic carbocycles. The Morgan fingerprint density at radius 3 is 2.60 bits per heavy atom. The summed E-state index contributed by atoms with van der Waals surface area (Å²) in [5, 5.41) is 3.19. The number of benzene rings is 2. The van der Waals surface area contributed by atoms with E-state index in [9.17, 15) is 4.39 Å². The average molecular weight is 401 g/mol. The van der Waals surface area contributed by atoms with Crippen LogP contribution >= 0.6 is 31.9 Å². The predicted octanol–water partition coefficient (Wildman–Crippen LogP) is 4.90. The summed E-state index contributed by atoms with van der Waals surface area (Å²) in [6, 6.07) is 13.2. The molecule has 0 bridgehead atoms. The summed E-state index contributed by atoms with van der Waals surface area (Å²) < 4.78 is 15.9. The minimum atomic E-state index is -0.152. The van der Waals surface area contributed by atoms with E-state index in [1.165, 1.54) is 11.6 Å². The smallest absolute Gasteiger partial charge is 0.126 e. The Hall–Kier alpha value is -0.710. The van der Waals surface area contributed by atoms with E-state index in [2.05, 4.69) is 43.2 Å². The van der Waals surface area contributed by atoms with E-state index in [0.29, 0.717) is 6.42 Å². The highest BCUT2D eigenvalue weighted by atomic mass is 79.9. The fourth-order valence-electron chi connectivity index (χ4n) is 2.31. The minimum Gasteiger partial charge on any atom is -0.319 e. The van der Waals surface area contributed by atoms with Crippen molar-refractivity contribution in [3.05, 3.63) is 68.4 Å². The van der Waals surface area contributed by atoms with Crippen LogP contribution in [0.15, 0.2) is 51.4 Å². The summed E-state index contributed by atoms with van der Waals surface area (Å²) in [4.78, 5) is 0. The van der Waals surface area contributed by atoms with Gasteiger partial charge in [-0.2, -0.15) is 0 Å². The van der Waals surface area contributed by atoms with Crippen LogP contribution < -0.4 is 5.32 Å². The second kappa shape index (κ2) is 7.34. The van der Waals surface area contributed by atoms with Crippen molar-refractivity contribution in [3.63, 3.8) is 0 Å². The molecule has 1 unspecified atom stereocenters. The first-order chi connectivity index (χ1) is 9.61. The maximum atomic E-state index is 13.9. The number of rotatable bonds is 5. The van der Waals surface area contributed by atoms with Crippen LogP contribution in [0.25, 0.3) is 0 Å². The normalized spacial score (nSPS) is 12.4. The van der Waals surface area contributed by atoms with Crippen LogP contribution in [0.4, 0.5) is 4.39 Å². The second-order valence-corrected chi connectivity index (χ2v) is 6.49. The molecular formula is C16H16Br2FN. The molecule has 0 aliphatic heterocycles.